The Bertz CT molecular complexity index is 679. The highest BCUT2D eigenvalue weighted by Gasteiger charge is 2.17. The zero-order chi connectivity index (χ0) is 16.4. The van der Waals surface area contributed by atoms with E-state index in [-0.39, 0.29) is 0 Å². The normalized spacial score (nSPS) is 12.0. The lowest BCUT2D eigenvalue weighted by molar-refractivity contribution is -0.138. The molecule has 0 saturated carbocycles. The van der Waals surface area contributed by atoms with Crippen LogP contribution in [0.15, 0.2) is 30.3 Å². The van der Waals surface area contributed by atoms with Gasteiger partial charge in [-0.3, -0.25) is 4.79 Å². The summed E-state index contributed by atoms with van der Waals surface area (Å²) in [5.74, 6) is 0.479. The van der Waals surface area contributed by atoms with Crippen molar-refractivity contribution >= 4 is 5.97 Å². The Kier molecular flexibility index (Phi) is 4.52. The van der Waals surface area contributed by atoms with Gasteiger partial charge in [-0.05, 0) is 67.6 Å². The van der Waals surface area contributed by atoms with E-state index in [2.05, 4.69) is 6.07 Å². The van der Waals surface area contributed by atoms with Gasteiger partial charge in [0.05, 0.1) is 0 Å². The molecule has 0 radical (unpaired) electrons. The fraction of sp³-hybridized carbons (Fsp3) is 0.278. The Morgan fingerprint density at radius 1 is 1.00 bits per heavy atom. The molecular formula is C18H21NO3. The summed E-state index contributed by atoms with van der Waals surface area (Å²) in [7, 11) is 0. The highest BCUT2D eigenvalue weighted by Crippen LogP contribution is 2.32. The standard InChI is InChI=1S/C18H21NO3/c1-10-5-11(2)7-15(6-10)22-17-12(3)8-14(9-13(17)4)16(19)18(20)21/h5-9,16H,19H2,1-4H3,(H,20,21). The molecule has 0 aliphatic rings. The van der Waals surface area contributed by atoms with Gasteiger partial charge < -0.3 is 15.6 Å². The maximum Gasteiger partial charge on any atom is 0.325 e. The van der Waals surface area contributed by atoms with E-state index in [0.29, 0.717) is 5.56 Å². The fourth-order valence-corrected chi connectivity index (χ4v) is 2.58. The predicted molar refractivity (Wildman–Crippen MR) is 86.5 cm³/mol. The molecular weight excluding hydrogens is 278 g/mol. The minimum atomic E-state index is -1.04. The number of carbonyl (C=O) groups is 1. The average Bonchev–Trinajstić information content (AvgIpc) is 2.40. The van der Waals surface area contributed by atoms with E-state index in [9.17, 15) is 4.79 Å². The first kappa shape index (κ1) is 16.0. The molecule has 2 rings (SSSR count). The number of ether oxygens (including phenoxy) is 1. The Labute approximate surface area is 130 Å². The predicted octanol–water partition coefficient (Wildman–Crippen LogP) is 3.80. The lowest BCUT2D eigenvalue weighted by atomic mass is 10.0. The smallest absolute Gasteiger partial charge is 0.325 e. The van der Waals surface area contributed by atoms with E-state index in [1.165, 1.54) is 0 Å². The third-order valence-corrected chi connectivity index (χ3v) is 3.52. The lowest BCUT2D eigenvalue weighted by Crippen LogP contribution is -2.20. The summed E-state index contributed by atoms with van der Waals surface area (Å²) in [5.41, 5.74) is 10.3. The van der Waals surface area contributed by atoms with Gasteiger partial charge in [0.15, 0.2) is 0 Å². The summed E-state index contributed by atoms with van der Waals surface area (Å²) >= 11 is 0. The van der Waals surface area contributed by atoms with Gasteiger partial charge in [0.2, 0.25) is 0 Å². The topological polar surface area (TPSA) is 72.5 Å². The summed E-state index contributed by atoms with van der Waals surface area (Å²) in [6, 6.07) is 8.55. The third-order valence-electron chi connectivity index (χ3n) is 3.52. The summed E-state index contributed by atoms with van der Waals surface area (Å²) in [6.07, 6.45) is 0. The van der Waals surface area contributed by atoms with Crippen LogP contribution in [0.5, 0.6) is 11.5 Å². The van der Waals surface area contributed by atoms with Crippen molar-refractivity contribution in [2.24, 2.45) is 5.73 Å². The first-order chi connectivity index (χ1) is 10.3. The van der Waals surface area contributed by atoms with Crippen LogP contribution in [0.1, 0.15) is 33.9 Å². The molecule has 0 saturated heterocycles. The van der Waals surface area contributed by atoms with Crippen molar-refractivity contribution in [2.45, 2.75) is 33.7 Å². The summed E-state index contributed by atoms with van der Waals surface area (Å²) in [6.45, 7) is 7.83. The molecule has 0 fully saturated rings. The molecule has 0 heterocycles. The molecule has 2 aromatic rings. The number of aliphatic carboxylic acids is 1. The van der Waals surface area contributed by atoms with Crippen molar-refractivity contribution in [1.82, 2.24) is 0 Å². The molecule has 0 aliphatic carbocycles. The van der Waals surface area contributed by atoms with Gasteiger partial charge in [-0.15, -0.1) is 0 Å². The van der Waals surface area contributed by atoms with Crippen LogP contribution in [-0.4, -0.2) is 11.1 Å². The van der Waals surface area contributed by atoms with E-state index >= 15 is 0 Å². The minimum Gasteiger partial charge on any atom is -0.480 e. The van der Waals surface area contributed by atoms with Crippen LogP contribution >= 0.6 is 0 Å². The quantitative estimate of drug-likeness (QED) is 0.900. The van der Waals surface area contributed by atoms with Gasteiger partial charge in [-0.1, -0.05) is 18.2 Å². The molecule has 0 bridgehead atoms. The van der Waals surface area contributed by atoms with Crippen molar-refractivity contribution in [3.05, 3.63) is 58.1 Å². The van der Waals surface area contributed by atoms with Crippen molar-refractivity contribution < 1.29 is 14.6 Å². The summed E-state index contributed by atoms with van der Waals surface area (Å²) in [4.78, 5) is 11.0. The summed E-state index contributed by atoms with van der Waals surface area (Å²) in [5, 5.41) is 9.03. The molecule has 0 spiro atoms. The molecule has 22 heavy (non-hydrogen) atoms. The number of nitrogens with two attached hydrogens (primary N) is 1. The number of rotatable bonds is 4. The van der Waals surface area contributed by atoms with E-state index in [0.717, 1.165) is 33.8 Å². The van der Waals surface area contributed by atoms with Crippen LogP contribution in [0.25, 0.3) is 0 Å². The summed E-state index contributed by atoms with van der Waals surface area (Å²) < 4.78 is 6.01. The van der Waals surface area contributed by atoms with Crippen LogP contribution in [-0.2, 0) is 4.79 Å². The van der Waals surface area contributed by atoms with E-state index in [4.69, 9.17) is 15.6 Å². The molecule has 2 aromatic carbocycles. The molecule has 0 aromatic heterocycles. The number of carboxylic acids is 1. The monoisotopic (exact) mass is 299 g/mol. The Hall–Kier alpha value is -2.33. The number of aryl methyl sites for hydroxylation is 4. The number of hydrogen-bond acceptors (Lipinski definition) is 3. The third kappa shape index (κ3) is 3.46. The lowest BCUT2D eigenvalue weighted by Gasteiger charge is -2.16. The van der Waals surface area contributed by atoms with Gasteiger partial charge >= 0.3 is 5.97 Å². The van der Waals surface area contributed by atoms with Crippen molar-refractivity contribution in [1.29, 1.82) is 0 Å². The van der Waals surface area contributed by atoms with E-state index < -0.39 is 12.0 Å². The second-order valence-electron chi connectivity index (χ2n) is 5.73. The van der Waals surface area contributed by atoms with Crippen molar-refractivity contribution in [3.8, 4) is 11.5 Å². The second-order valence-corrected chi connectivity index (χ2v) is 5.73. The Balaban J connectivity index is 2.38. The maximum absolute atomic E-state index is 11.0. The highest BCUT2D eigenvalue weighted by atomic mass is 16.5. The van der Waals surface area contributed by atoms with Gasteiger partial charge in [-0.25, -0.2) is 0 Å². The van der Waals surface area contributed by atoms with Gasteiger partial charge in [0.1, 0.15) is 17.5 Å². The Morgan fingerprint density at radius 2 is 1.50 bits per heavy atom. The SMILES string of the molecule is Cc1cc(C)cc(Oc2c(C)cc(C(N)C(=O)O)cc2C)c1. The Morgan fingerprint density at radius 3 is 1.95 bits per heavy atom. The molecule has 3 N–H and O–H groups in total. The van der Waals surface area contributed by atoms with Gasteiger partial charge in [-0.2, -0.15) is 0 Å². The minimum absolute atomic E-state index is 0.579. The maximum atomic E-state index is 11.0. The molecule has 1 unspecified atom stereocenters. The van der Waals surface area contributed by atoms with Crippen molar-refractivity contribution in [2.75, 3.05) is 0 Å². The van der Waals surface area contributed by atoms with Gasteiger partial charge in [0.25, 0.3) is 0 Å². The van der Waals surface area contributed by atoms with E-state index in [1.807, 2.05) is 39.8 Å². The molecule has 0 amide bonds. The van der Waals surface area contributed by atoms with Crippen LogP contribution in [0.2, 0.25) is 0 Å². The van der Waals surface area contributed by atoms with E-state index in [1.54, 1.807) is 12.1 Å². The molecule has 4 nitrogen and oxygen atoms in total. The van der Waals surface area contributed by atoms with Crippen LogP contribution in [0.3, 0.4) is 0 Å². The molecule has 1 atom stereocenters. The van der Waals surface area contributed by atoms with Crippen LogP contribution in [0, 0.1) is 27.7 Å². The van der Waals surface area contributed by atoms with Crippen molar-refractivity contribution in [3.63, 3.8) is 0 Å². The zero-order valence-electron chi connectivity index (χ0n) is 13.3. The number of benzene rings is 2. The van der Waals surface area contributed by atoms with Gasteiger partial charge in [0, 0.05) is 0 Å². The molecule has 116 valence electrons. The highest BCUT2D eigenvalue weighted by molar-refractivity contribution is 5.75. The fourth-order valence-electron chi connectivity index (χ4n) is 2.58. The van der Waals surface area contributed by atoms with Crippen LogP contribution < -0.4 is 10.5 Å². The number of carboxylic acid groups (broad SMARTS) is 1. The first-order valence-corrected chi connectivity index (χ1v) is 7.13. The second kappa shape index (κ2) is 6.20. The average molecular weight is 299 g/mol. The first-order valence-electron chi connectivity index (χ1n) is 7.13. The number of hydrogen-bond donors (Lipinski definition) is 2. The molecule has 0 aliphatic heterocycles. The van der Waals surface area contributed by atoms with Crippen LogP contribution in [0.4, 0.5) is 0 Å². The zero-order valence-corrected chi connectivity index (χ0v) is 13.3. The molecule has 4 heteroatoms. The largest absolute Gasteiger partial charge is 0.480 e.